The predicted molar refractivity (Wildman–Crippen MR) is 75.0 cm³/mol. The van der Waals surface area contributed by atoms with Gasteiger partial charge in [0.1, 0.15) is 0 Å². The molecule has 1 unspecified atom stereocenters. The van der Waals surface area contributed by atoms with Crippen molar-refractivity contribution in [3.8, 4) is 0 Å². The van der Waals surface area contributed by atoms with Crippen LogP contribution >= 0.6 is 11.6 Å². The van der Waals surface area contributed by atoms with Gasteiger partial charge in [-0.25, -0.2) is 0 Å². The summed E-state index contributed by atoms with van der Waals surface area (Å²) >= 11 is 5.98. The molecular weight excluding hydrogens is 264 g/mol. The first-order valence-electron chi connectivity index (χ1n) is 5.89. The van der Waals surface area contributed by atoms with Crippen LogP contribution in [0.2, 0.25) is 5.02 Å². The Bertz CT molecular complexity index is 568. The molecule has 0 saturated carbocycles. The second-order valence-corrected chi connectivity index (χ2v) is 4.75. The van der Waals surface area contributed by atoms with Crippen LogP contribution in [-0.2, 0) is 6.54 Å². The molecule has 2 rings (SSSR count). The fourth-order valence-electron chi connectivity index (χ4n) is 1.75. The lowest BCUT2D eigenvalue weighted by molar-refractivity contribution is 0.0936. The summed E-state index contributed by atoms with van der Waals surface area (Å²) in [5.41, 5.74) is 6.54. The molecule has 0 spiro atoms. The lowest BCUT2D eigenvalue weighted by atomic mass is 10.1. The molecule has 3 N–H and O–H groups in total. The molecule has 2 aromatic rings. The highest BCUT2D eigenvalue weighted by atomic mass is 35.5. The van der Waals surface area contributed by atoms with E-state index in [0.717, 1.165) is 0 Å². The standard InChI is InChI=1S/C13H15ClN4O/c1-9(8-18-6-2-5-16-18)17-13(19)11-7-10(15)3-4-12(11)14/h2-7,9H,8,15H2,1H3,(H,17,19). The highest BCUT2D eigenvalue weighted by Gasteiger charge is 2.13. The van der Waals surface area contributed by atoms with Gasteiger partial charge in [0.25, 0.3) is 5.91 Å². The lowest BCUT2D eigenvalue weighted by Gasteiger charge is -2.14. The van der Waals surface area contributed by atoms with Crippen molar-refractivity contribution in [2.24, 2.45) is 0 Å². The number of rotatable bonds is 4. The van der Waals surface area contributed by atoms with E-state index in [0.29, 0.717) is 22.8 Å². The zero-order valence-electron chi connectivity index (χ0n) is 10.5. The molecule has 1 heterocycles. The van der Waals surface area contributed by atoms with Gasteiger partial charge in [0.2, 0.25) is 0 Å². The Hall–Kier alpha value is -2.01. The molecule has 1 aromatic heterocycles. The molecule has 0 fully saturated rings. The molecular formula is C13H15ClN4O. The van der Waals surface area contributed by atoms with E-state index in [4.69, 9.17) is 17.3 Å². The van der Waals surface area contributed by atoms with Crippen molar-refractivity contribution >= 4 is 23.2 Å². The summed E-state index contributed by atoms with van der Waals surface area (Å²) < 4.78 is 1.76. The summed E-state index contributed by atoms with van der Waals surface area (Å²) in [4.78, 5) is 12.1. The van der Waals surface area contributed by atoms with E-state index < -0.39 is 0 Å². The summed E-state index contributed by atoms with van der Waals surface area (Å²) in [5.74, 6) is -0.239. The van der Waals surface area contributed by atoms with Crippen LogP contribution in [0.15, 0.2) is 36.7 Å². The van der Waals surface area contributed by atoms with E-state index in [-0.39, 0.29) is 11.9 Å². The van der Waals surface area contributed by atoms with Crippen molar-refractivity contribution in [3.05, 3.63) is 47.2 Å². The molecule has 19 heavy (non-hydrogen) atoms. The Kier molecular flexibility index (Phi) is 4.06. The van der Waals surface area contributed by atoms with E-state index in [1.165, 1.54) is 0 Å². The Labute approximate surface area is 116 Å². The first-order chi connectivity index (χ1) is 9.06. The van der Waals surface area contributed by atoms with Gasteiger partial charge in [-0.1, -0.05) is 11.6 Å². The van der Waals surface area contributed by atoms with Crippen molar-refractivity contribution in [2.75, 3.05) is 5.73 Å². The van der Waals surface area contributed by atoms with Gasteiger partial charge in [-0.05, 0) is 31.2 Å². The van der Waals surface area contributed by atoms with E-state index in [9.17, 15) is 4.79 Å². The number of aromatic nitrogens is 2. The average Bonchev–Trinajstić information content (AvgIpc) is 2.84. The number of nitrogen functional groups attached to an aromatic ring is 1. The van der Waals surface area contributed by atoms with Crippen LogP contribution in [0.25, 0.3) is 0 Å². The molecule has 5 nitrogen and oxygen atoms in total. The van der Waals surface area contributed by atoms with Crippen molar-refractivity contribution in [2.45, 2.75) is 19.5 Å². The molecule has 0 radical (unpaired) electrons. The van der Waals surface area contributed by atoms with Crippen LogP contribution in [0.1, 0.15) is 17.3 Å². The second-order valence-electron chi connectivity index (χ2n) is 4.34. The Balaban J connectivity index is 2.02. The highest BCUT2D eigenvalue weighted by Crippen LogP contribution is 2.18. The molecule has 6 heteroatoms. The molecule has 100 valence electrons. The van der Waals surface area contributed by atoms with Gasteiger partial charge < -0.3 is 11.1 Å². The lowest BCUT2D eigenvalue weighted by Crippen LogP contribution is -2.36. The molecule has 0 aliphatic heterocycles. The fourth-order valence-corrected chi connectivity index (χ4v) is 1.96. The molecule has 1 aromatic carbocycles. The van der Waals surface area contributed by atoms with Gasteiger partial charge in [0, 0.05) is 24.1 Å². The van der Waals surface area contributed by atoms with Gasteiger partial charge in [-0.15, -0.1) is 0 Å². The third kappa shape index (κ3) is 3.48. The quantitative estimate of drug-likeness (QED) is 0.840. The Morgan fingerprint density at radius 2 is 2.37 bits per heavy atom. The molecule has 0 bridgehead atoms. The van der Waals surface area contributed by atoms with Crippen molar-refractivity contribution in [1.29, 1.82) is 0 Å². The maximum Gasteiger partial charge on any atom is 0.253 e. The maximum atomic E-state index is 12.1. The SMILES string of the molecule is CC(Cn1cccn1)NC(=O)c1cc(N)ccc1Cl. The van der Waals surface area contributed by atoms with Crippen LogP contribution in [0, 0.1) is 0 Å². The molecule has 0 aliphatic rings. The summed E-state index contributed by atoms with van der Waals surface area (Å²) in [6.45, 7) is 2.50. The maximum absolute atomic E-state index is 12.1. The Morgan fingerprint density at radius 1 is 1.58 bits per heavy atom. The summed E-state index contributed by atoms with van der Waals surface area (Å²) in [6.07, 6.45) is 3.54. The number of carbonyl (C=O) groups is 1. The fraction of sp³-hybridized carbons (Fsp3) is 0.231. The molecule has 0 saturated heterocycles. The van der Waals surface area contributed by atoms with Gasteiger partial charge in [-0.2, -0.15) is 5.10 Å². The second kappa shape index (κ2) is 5.75. The summed E-state index contributed by atoms with van der Waals surface area (Å²) in [7, 11) is 0. The van der Waals surface area contributed by atoms with Crippen LogP contribution in [0.5, 0.6) is 0 Å². The minimum Gasteiger partial charge on any atom is -0.399 e. The third-order valence-corrected chi connectivity index (χ3v) is 2.96. The number of nitrogens with zero attached hydrogens (tertiary/aromatic N) is 2. The minimum absolute atomic E-state index is 0.0649. The normalized spacial score (nSPS) is 12.1. The Morgan fingerprint density at radius 3 is 3.05 bits per heavy atom. The summed E-state index contributed by atoms with van der Waals surface area (Å²) in [5, 5.41) is 7.34. The van der Waals surface area contributed by atoms with Crippen LogP contribution in [0.3, 0.4) is 0 Å². The van der Waals surface area contributed by atoms with E-state index >= 15 is 0 Å². The molecule has 1 amide bonds. The number of nitrogens with one attached hydrogen (secondary N) is 1. The van der Waals surface area contributed by atoms with Crippen molar-refractivity contribution in [3.63, 3.8) is 0 Å². The largest absolute Gasteiger partial charge is 0.399 e. The van der Waals surface area contributed by atoms with E-state index in [1.807, 2.05) is 19.2 Å². The number of hydrogen-bond acceptors (Lipinski definition) is 3. The first-order valence-corrected chi connectivity index (χ1v) is 6.27. The minimum atomic E-state index is -0.239. The van der Waals surface area contributed by atoms with Crippen molar-refractivity contribution in [1.82, 2.24) is 15.1 Å². The number of benzene rings is 1. The number of anilines is 1. The first kappa shape index (κ1) is 13.4. The topological polar surface area (TPSA) is 72.9 Å². The molecule has 0 aliphatic carbocycles. The zero-order valence-corrected chi connectivity index (χ0v) is 11.3. The zero-order chi connectivity index (χ0) is 13.8. The van der Waals surface area contributed by atoms with Gasteiger partial charge in [-0.3, -0.25) is 9.48 Å². The highest BCUT2D eigenvalue weighted by molar-refractivity contribution is 6.34. The smallest absolute Gasteiger partial charge is 0.253 e. The number of nitrogens with two attached hydrogens (primary N) is 1. The third-order valence-electron chi connectivity index (χ3n) is 2.63. The van der Waals surface area contributed by atoms with Crippen LogP contribution in [0.4, 0.5) is 5.69 Å². The van der Waals surface area contributed by atoms with Crippen LogP contribution in [-0.4, -0.2) is 21.7 Å². The number of halogens is 1. The predicted octanol–water partition coefficient (Wildman–Crippen LogP) is 1.94. The van der Waals surface area contributed by atoms with Gasteiger partial charge in [0.15, 0.2) is 0 Å². The monoisotopic (exact) mass is 278 g/mol. The van der Waals surface area contributed by atoms with Gasteiger partial charge >= 0.3 is 0 Å². The van der Waals surface area contributed by atoms with Crippen LogP contribution < -0.4 is 11.1 Å². The number of carbonyl (C=O) groups excluding carboxylic acids is 1. The van der Waals surface area contributed by atoms with E-state index in [1.54, 1.807) is 29.1 Å². The van der Waals surface area contributed by atoms with Gasteiger partial charge in [0.05, 0.1) is 17.1 Å². The summed E-state index contributed by atoms with van der Waals surface area (Å²) in [6, 6.07) is 6.61. The molecule has 1 atom stereocenters. The average molecular weight is 279 g/mol. The number of hydrogen-bond donors (Lipinski definition) is 2. The number of amides is 1. The van der Waals surface area contributed by atoms with E-state index in [2.05, 4.69) is 10.4 Å². The van der Waals surface area contributed by atoms with Crippen molar-refractivity contribution < 1.29 is 4.79 Å².